The molecule has 6 heteroatoms. The molecule has 1 atom stereocenters. The highest BCUT2D eigenvalue weighted by molar-refractivity contribution is 6.05. The van der Waals surface area contributed by atoms with Crippen molar-refractivity contribution in [1.29, 1.82) is 0 Å². The first-order chi connectivity index (χ1) is 17.6. The van der Waals surface area contributed by atoms with Crippen LogP contribution < -0.4 is 5.32 Å². The predicted molar refractivity (Wildman–Crippen MR) is 141 cm³/mol. The Labute approximate surface area is 208 Å². The Morgan fingerprint density at radius 2 is 1.67 bits per heavy atom. The van der Waals surface area contributed by atoms with Gasteiger partial charge in [-0.1, -0.05) is 66.7 Å². The summed E-state index contributed by atoms with van der Waals surface area (Å²) in [4.78, 5) is 32.6. The molecule has 0 saturated heterocycles. The van der Waals surface area contributed by atoms with E-state index in [9.17, 15) is 9.59 Å². The second kappa shape index (κ2) is 8.82. The number of carbonyl (C=O) groups excluding carboxylic acids is 2. The zero-order chi connectivity index (χ0) is 24.6. The van der Waals surface area contributed by atoms with Crippen molar-refractivity contribution in [2.75, 3.05) is 11.9 Å². The maximum atomic E-state index is 13.7. The molecule has 0 fully saturated rings. The second-order valence-corrected chi connectivity index (χ2v) is 8.92. The molecule has 36 heavy (non-hydrogen) atoms. The number of nitrogens with zero attached hydrogens (tertiary/aromatic N) is 3. The topological polar surface area (TPSA) is 67.2 Å². The number of aryl methyl sites for hydroxylation is 1. The molecule has 1 N–H and O–H groups in total. The summed E-state index contributed by atoms with van der Waals surface area (Å²) in [7, 11) is 2.05. The molecule has 176 valence electrons. The van der Waals surface area contributed by atoms with Gasteiger partial charge in [0.15, 0.2) is 0 Å². The van der Waals surface area contributed by atoms with E-state index in [1.54, 1.807) is 29.4 Å². The van der Waals surface area contributed by atoms with Gasteiger partial charge in [0.2, 0.25) is 5.91 Å². The van der Waals surface area contributed by atoms with Gasteiger partial charge in [-0.15, -0.1) is 0 Å². The van der Waals surface area contributed by atoms with Crippen molar-refractivity contribution >= 4 is 28.4 Å². The number of amides is 2. The molecule has 0 spiro atoms. The van der Waals surface area contributed by atoms with Gasteiger partial charge in [0, 0.05) is 35.3 Å². The number of aromatic nitrogens is 2. The molecule has 5 aromatic rings. The third-order valence-corrected chi connectivity index (χ3v) is 6.78. The Morgan fingerprint density at radius 3 is 2.47 bits per heavy atom. The van der Waals surface area contributed by atoms with E-state index in [1.165, 1.54) is 0 Å². The Hall–Kier alpha value is -4.71. The molecule has 0 radical (unpaired) electrons. The minimum atomic E-state index is -0.408. The fourth-order valence-electron chi connectivity index (χ4n) is 5.28. The van der Waals surface area contributed by atoms with Gasteiger partial charge in [-0.05, 0) is 35.4 Å². The molecule has 0 saturated carbocycles. The molecule has 0 unspecified atom stereocenters. The molecule has 2 aromatic heterocycles. The molecule has 6 nitrogen and oxygen atoms in total. The summed E-state index contributed by atoms with van der Waals surface area (Å²) in [5.41, 5.74) is 6.31. The molecule has 0 aliphatic carbocycles. The predicted octanol–water partition coefficient (Wildman–Crippen LogP) is 5.42. The first-order valence-corrected chi connectivity index (χ1v) is 11.9. The zero-order valence-corrected chi connectivity index (χ0v) is 19.8. The number of carbonyl (C=O) groups is 2. The van der Waals surface area contributed by atoms with Crippen LogP contribution in [-0.2, 0) is 11.8 Å². The fraction of sp³-hybridized carbons (Fsp3) is 0.100. The van der Waals surface area contributed by atoms with Gasteiger partial charge in [-0.25, -0.2) is 0 Å². The van der Waals surface area contributed by atoms with Crippen LogP contribution in [0.25, 0.3) is 22.2 Å². The third-order valence-electron chi connectivity index (χ3n) is 6.78. The van der Waals surface area contributed by atoms with Crippen LogP contribution in [0, 0.1) is 0 Å². The standard InChI is InChI=1S/C30H24N4O2/c1-33-25-16-8-7-15-24(25)27(28(33)20-10-3-2-4-11-20)29-22-13-5-6-14-23(22)30(36)34(29)19-26(35)32-21-12-9-17-31-18-21/h2-18,29H,19H2,1H3,(H,32,35)/t29-/m1/s1. The Kier molecular flexibility index (Phi) is 5.34. The minimum Gasteiger partial charge on any atom is -0.343 e. The van der Waals surface area contributed by atoms with Crippen molar-refractivity contribution in [2.24, 2.45) is 7.05 Å². The molecule has 1 aliphatic rings. The summed E-state index contributed by atoms with van der Waals surface area (Å²) in [6.45, 7) is -0.0788. The van der Waals surface area contributed by atoms with E-state index in [2.05, 4.69) is 46.2 Å². The van der Waals surface area contributed by atoms with Crippen LogP contribution >= 0.6 is 0 Å². The maximum Gasteiger partial charge on any atom is 0.255 e. The second-order valence-electron chi connectivity index (χ2n) is 8.92. The Morgan fingerprint density at radius 1 is 0.917 bits per heavy atom. The van der Waals surface area contributed by atoms with Gasteiger partial charge in [-0.3, -0.25) is 14.6 Å². The van der Waals surface area contributed by atoms with E-state index in [-0.39, 0.29) is 18.4 Å². The number of nitrogens with one attached hydrogen (secondary N) is 1. The van der Waals surface area contributed by atoms with Crippen LogP contribution in [0.3, 0.4) is 0 Å². The summed E-state index contributed by atoms with van der Waals surface area (Å²) < 4.78 is 2.18. The van der Waals surface area contributed by atoms with E-state index in [0.717, 1.165) is 33.3 Å². The average Bonchev–Trinajstić information content (AvgIpc) is 3.36. The van der Waals surface area contributed by atoms with Crippen molar-refractivity contribution < 1.29 is 9.59 Å². The molecule has 6 rings (SSSR count). The lowest BCUT2D eigenvalue weighted by molar-refractivity contribution is -0.117. The van der Waals surface area contributed by atoms with Crippen LogP contribution in [0.15, 0.2) is 103 Å². The van der Waals surface area contributed by atoms with Crippen molar-refractivity contribution in [1.82, 2.24) is 14.5 Å². The van der Waals surface area contributed by atoms with Gasteiger partial charge in [0.25, 0.3) is 5.91 Å². The highest BCUT2D eigenvalue weighted by atomic mass is 16.2. The molecular weight excluding hydrogens is 448 g/mol. The van der Waals surface area contributed by atoms with E-state index in [0.29, 0.717) is 11.3 Å². The van der Waals surface area contributed by atoms with Crippen LogP contribution in [-0.4, -0.2) is 32.8 Å². The van der Waals surface area contributed by atoms with E-state index < -0.39 is 6.04 Å². The summed E-state index contributed by atoms with van der Waals surface area (Å²) in [5.74, 6) is -0.417. The number of anilines is 1. The number of hydrogen-bond donors (Lipinski definition) is 1. The quantitative estimate of drug-likeness (QED) is 0.371. The highest BCUT2D eigenvalue weighted by Crippen LogP contribution is 2.46. The molecule has 3 aromatic carbocycles. The molecule has 2 amide bonds. The SMILES string of the molecule is Cn1c(-c2ccccc2)c([C@H]2c3ccccc3C(=O)N2CC(=O)Nc2cccnc2)c2ccccc21. The lowest BCUT2D eigenvalue weighted by Gasteiger charge is -2.26. The van der Waals surface area contributed by atoms with E-state index >= 15 is 0 Å². The summed E-state index contributed by atoms with van der Waals surface area (Å²) in [5, 5.41) is 3.94. The van der Waals surface area contributed by atoms with Crippen molar-refractivity contribution in [3.8, 4) is 11.3 Å². The average molecular weight is 473 g/mol. The largest absolute Gasteiger partial charge is 0.343 e. The van der Waals surface area contributed by atoms with E-state index in [4.69, 9.17) is 0 Å². The fourth-order valence-corrected chi connectivity index (χ4v) is 5.28. The Bertz CT molecular complexity index is 1590. The van der Waals surface area contributed by atoms with Gasteiger partial charge < -0.3 is 14.8 Å². The van der Waals surface area contributed by atoms with Crippen LogP contribution in [0.4, 0.5) is 5.69 Å². The van der Waals surface area contributed by atoms with Gasteiger partial charge in [-0.2, -0.15) is 0 Å². The minimum absolute atomic E-state index is 0.0788. The maximum absolute atomic E-state index is 13.7. The van der Waals surface area contributed by atoms with Crippen molar-refractivity contribution in [2.45, 2.75) is 6.04 Å². The van der Waals surface area contributed by atoms with Gasteiger partial charge in [0.05, 0.1) is 23.6 Å². The number of pyridine rings is 1. The van der Waals surface area contributed by atoms with Crippen molar-refractivity contribution in [3.05, 3.63) is 120 Å². The lowest BCUT2D eigenvalue weighted by Crippen LogP contribution is -2.36. The Balaban J connectivity index is 1.52. The van der Waals surface area contributed by atoms with Crippen molar-refractivity contribution in [3.63, 3.8) is 0 Å². The molecule has 0 bridgehead atoms. The normalized spacial score (nSPS) is 14.8. The summed E-state index contributed by atoms with van der Waals surface area (Å²) in [6, 6.07) is 29.2. The number of hydrogen-bond acceptors (Lipinski definition) is 3. The van der Waals surface area contributed by atoms with E-state index in [1.807, 2.05) is 54.6 Å². The smallest absolute Gasteiger partial charge is 0.255 e. The van der Waals surface area contributed by atoms with Gasteiger partial charge >= 0.3 is 0 Å². The number of para-hydroxylation sites is 1. The number of fused-ring (bicyclic) bond motifs is 2. The van der Waals surface area contributed by atoms with Gasteiger partial charge in [0.1, 0.15) is 6.54 Å². The van der Waals surface area contributed by atoms with Crippen LogP contribution in [0.1, 0.15) is 27.5 Å². The first kappa shape index (κ1) is 21.8. The molecular formula is C30H24N4O2. The van der Waals surface area contributed by atoms with Crippen LogP contribution in [0.5, 0.6) is 0 Å². The monoisotopic (exact) mass is 472 g/mol. The lowest BCUT2D eigenvalue weighted by atomic mass is 9.93. The highest BCUT2D eigenvalue weighted by Gasteiger charge is 2.41. The van der Waals surface area contributed by atoms with Crippen LogP contribution in [0.2, 0.25) is 0 Å². The first-order valence-electron chi connectivity index (χ1n) is 11.9. The summed E-state index contributed by atoms with van der Waals surface area (Å²) >= 11 is 0. The number of benzene rings is 3. The number of rotatable bonds is 5. The molecule has 3 heterocycles. The third kappa shape index (κ3) is 3.55. The summed E-state index contributed by atoms with van der Waals surface area (Å²) in [6.07, 6.45) is 3.24. The molecule has 1 aliphatic heterocycles. The zero-order valence-electron chi connectivity index (χ0n) is 19.8.